The van der Waals surface area contributed by atoms with Crippen LogP contribution in [0.3, 0.4) is 0 Å². The van der Waals surface area contributed by atoms with Gasteiger partial charge in [0.15, 0.2) is 5.69 Å². The third kappa shape index (κ3) is 5.03. The van der Waals surface area contributed by atoms with Crippen molar-refractivity contribution in [2.24, 2.45) is 7.05 Å². The topological polar surface area (TPSA) is 70.5 Å². The molecule has 1 aromatic carbocycles. The zero-order valence-electron chi connectivity index (χ0n) is 17.9. The Morgan fingerprint density at radius 2 is 1.79 bits per heavy atom. The zero-order chi connectivity index (χ0) is 21.0. The third-order valence-electron chi connectivity index (χ3n) is 5.71. The number of nitrogens with zero attached hydrogens (tertiary/aromatic N) is 4. The summed E-state index contributed by atoms with van der Waals surface area (Å²) in [6, 6.07) is 8.01. The van der Waals surface area contributed by atoms with Gasteiger partial charge in [-0.05, 0) is 43.7 Å². The van der Waals surface area contributed by atoms with Gasteiger partial charge in [0.25, 0.3) is 5.91 Å². The van der Waals surface area contributed by atoms with E-state index in [0.29, 0.717) is 18.7 Å². The number of nitrogens with one attached hydrogen (secondary N) is 1. The van der Waals surface area contributed by atoms with Crippen LogP contribution in [0, 0.1) is 13.8 Å². The van der Waals surface area contributed by atoms with Gasteiger partial charge < -0.3 is 15.1 Å². The summed E-state index contributed by atoms with van der Waals surface area (Å²) < 4.78 is 1.72. The van der Waals surface area contributed by atoms with Gasteiger partial charge in [0.2, 0.25) is 5.91 Å². The van der Waals surface area contributed by atoms with Crippen molar-refractivity contribution < 1.29 is 9.59 Å². The van der Waals surface area contributed by atoms with Crippen LogP contribution in [-0.2, 0) is 11.8 Å². The fourth-order valence-electron chi connectivity index (χ4n) is 3.59. The number of hydrogen-bond acceptors (Lipinski definition) is 4. The van der Waals surface area contributed by atoms with E-state index >= 15 is 0 Å². The number of rotatable bonds is 6. The van der Waals surface area contributed by atoms with Crippen LogP contribution in [0.1, 0.15) is 35.0 Å². The summed E-state index contributed by atoms with van der Waals surface area (Å²) >= 11 is 0. The fraction of sp³-hybridized carbons (Fsp3) is 0.500. The van der Waals surface area contributed by atoms with E-state index in [-0.39, 0.29) is 11.8 Å². The van der Waals surface area contributed by atoms with E-state index in [4.69, 9.17) is 0 Å². The highest BCUT2D eigenvalue weighted by atomic mass is 16.2. The standard InChI is InChI=1S/C22H31N5O2/c1-5-26-10-12-27(13-11-26)21(28)8-9-23-22(29)19-15-20(25(4)24-19)18-7-6-16(2)17(3)14-18/h6-7,14-15H,5,8-13H2,1-4H3,(H,23,29). The molecule has 0 atom stereocenters. The fourth-order valence-corrected chi connectivity index (χ4v) is 3.59. The van der Waals surface area contributed by atoms with E-state index in [1.54, 1.807) is 10.7 Å². The quantitative estimate of drug-likeness (QED) is 0.809. The summed E-state index contributed by atoms with van der Waals surface area (Å²) in [5.74, 6) is -0.155. The van der Waals surface area contributed by atoms with Gasteiger partial charge in [0.1, 0.15) is 0 Å². The van der Waals surface area contributed by atoms with Crippen LogP contribution in [0.4, 0.5) is 0 Å². The molecule has 0 aliphatic carbocycles. The van der Waals surface area contributed by atoms with Crippen molar-refractivity contribution in [3.8, 4) is 11.3 Å². The Labute approximate surface area is 172 Å². The van der Waals surface area contributed by atoms with Gasteiger partial charge in [-0.25, -0.2) is 0 Å². The number of amides is 2. The smallest absolute Gasteiger partial charge is 0.271 e. The largest absolute Gasteiger partial charge is 0.350 e. The predicted octanol–water partition coefficient (Wildman–Crippen LogP) is 1.99. The van der Waals surface area contributed by atoms with Crippen LogP contribution in [0.2, 0.25) is 0 Å². The van der Waals surface area contributed by atoms with Crippen molar-refractivity contribution >= 4 is 11.8 Å². The molecule has 2 heterocycles. The zero-order valence-corrected chi connectivity index (χ0v) is 17.9. The van der Waals surface area contributed by atoms with E-state index in [9.17, 15) is 9.59 Å². The summed E-state index contributed by atoms with van der Waals surface area (Å²) in [4.78, 5) is 29.1. The number of aromatic nitrogens is 2. The number of hydrogen-bond donors (Lipinski definition) is 1. The number of benzene rings is 1. The number of likely N-dealkylation sites (N-methyl/N-ethyl adjacent to an activating group) is 1. The highest BCUT2D eigenvalue weighted by molar-refractivity contribution is 5.93. The van der Waals surface area contributed by atoms with E-state index in [1.807, 2.05) is 18.0 Å². The molecule has 156 valence electrons. The van der Waals surface area contributed by atoms with E-state index in [0.717, 1.165) is 44.0 Å². The Kier molecular flexibility index (Phi) is 6.69. The molecule has 0 bridgehead atoms. The first-order valence-electron chi connectivity index (χ1n) is 10.3. The second-order valence-corrected chi connectivity index (χ2v) is 7.66. The molecule has 1 aliphatic rings. The second-order valence-electron chi connectivity index (χ2n) is 7.66. The lowest BCUT2D eigenvalue weighted by Crippen LogP contribution is -2.49. The minimum atomic E-state index is -0.251. The molecule has 1 aliphatic heterocycles. The highest BCUT2D eigenvalue weighted by Gasteiger charge is 2.20. The molecule has 7 heteroatoms. The highest BCUT2D eigenvalue weighted by Crippen LogP contribution is 2.22. The van der Waals surface area contributed by atoms with Gasteiger partial charge in [-0.3, -0.25) is 14.3 Å². The van der Waals surface area contributed by atoms with Crippen molar-refractivity contribution in [1.82, 2.24) is 24.9 Å². The molecular weight excluding hydrogens is 366 g/mol. The Hall–Kier alpha value is -2.67. The van der Waals surface area contributed by atoms with Gasteiger partial charge in [0.05, 0.1) is 5.69 Å². The normalized spacial score (nSPS) is 14.8. The second kappa shape index (κ2) is 9.22. The van der Waals surface area contributed by atoms with Crippen molar-refractivity contribution in [3.63, 3.8) is 0 Å². The predicted molar refractivity (Wildman–Crippen MR) is 114 cm³/mol. The van der Waals surface area contributed by atoms with Gasteiger partial charge in [0, 0.05) is 51.8 Å². The van der Waals surface area contributed by atoms with Gasteiger partial charge in [-0.2, -0.15) is 5.10 Å². The molecule has 2 amide bonds. The van der Waals surface area contributed by atoms with Crippen molar-refractivity contribution in [3.05, 3.63) is 41.1 Å². The van der Waals surface area contributed by atoms with Gasteiger partial charge in [-0.15, -0.1) is 0 Å². The molecule has 0 saturated carbocycles. The monoisotopic (exact) mass is 397 g/mol. The molecule has 2 aromatic rings. The minimum absolute atomic E-state index is 0.0953. The van der Waals surface area contributed by atoms with Crippen LogP contribution < -0.4 is 5.32 Å². The van der Waals surface area contributed by atoms with Crippen molar-refractivity contribution in [1.29, 1.82) is 0 Å². The van der Waals surface area contributed by atoms with Gasteiger partial charge in [-0.1, -0.05) is 19.1 Å². The molecule has 0 unspecified atom stereocenters. The summed E-state index contributed by atoms with van der Waals surface area (Å²) in [6.07, 6.45) is 0.314. The van der Waals surface area contributed by atoms with Crippen LogP contribution >= 0.6 is 0 Å². The van der Waals surface area contributed by atoms with E-state index in [1.165, 1.54) is 11.1 Å². The summed E-state index contributed by atoms with van der Waals surface area (Å²) in [5, 5.41) is 7.18. The van der Waals surface area contributed by atoms with Crippen LogP contribution in [0.25, 0.3) is 11.3 Å². The molecular formula is C22H31N5O2. The molecule has 3 rings (SSSR count). The third-order valence-corrected chi connectivity index (χ3v) is 5.71. The average molecular weight is 398 g/mol. The summed E-state index contributed by atoms with van der Waals surface area (Å²) in [7, 11) is 1.83. The lowest BCUT2D eigenvalue weighted by molar-refractivity contribution is -0.132. The number of carbonyl (C=O) groups is 2. The molecule has 1 saturated heterocycles. The maximum Gasteiger partial charge on any atom is 0.271 e. The SMILES string of the molecule is CCN1CCN(C(=O)CCNC(=O)c2cc(-c3ccc(C)c(C)c3)n(C)n2)CC1. The van der Waals surface area contributed by atoms with E-state index < -0.39 is 0 Å². The minimum Gasteiger partial charge on any atom is -0.350 e. The number of carbonyl (C=O) groups excluding carboxylic acids is 2. The van der Waals surface area contributed by atoms with Crippen molar-refractivity contribution in [2.45, 2.75) is 27.2 Å². The first kappa shape index (κ1) is 21.0. The Bertz CT molecular complexity index is 881. The molecule has 1 aromatic heterocycles. The maximum atomic E-state index is 12.5. The van der Waals surface area contributed by atoms with Crippen molar-refractivity contribution in [2.75, 3.05) is 39.3 Å². The summed E-state index contributed by atoms with van der Waals surface area (Å²) in [5.41, 5.74) is 4.72. The lowest BCUT2D eigenvalue weighted by atomic mass is 10.0. The first-order valence-corrected chi connectivity index (χ1v) is 10.3. The number of aryl methyl sites for hydroxylation is 3. The van der Waals surface area contributed by atoms with Gasteiger partial charge >= 0.3 is 0 Å². The molecule has 1 N–H and O–H groups in total. The van der Waals surface area contributed by atoms with E-state index in [2.05, 4.69) is 48.2 Å². The maximum absolute atomic E-state index is 12.5. The average Bonchev–Trinajstić information content (AvgIpc) is 3.11. The molecule has 7 nitrogen and oxygen atoms in total. The number of piperazine rings is 1. The Morgan fingerprint density at radius 3 is 2.45 bits per heavy atom. The van der Waals surface area contributed by atoms with Crippen LogP contribution in [0.5, 0.6) is 0 Å². The molecule has 1 fully saturated rings. The molecule has 0 spiro atoms. The first-order chi connectivity index (χ1) is 13.9. The Balaban J connectivity index is 1.53. The lowest BCUT2D eigenvalue weighted by Gasteiger charge is -2.34. The van der Waals surface area contributed by atoms with Crippen LogP contribution in [0.15, 0.2) is 24.3 Å². The van der Waals surface area contributed by atoms with Crippen LogP contribution in [-0.4, -0.2) is 70.7 Å². The Morgan fingerprint density at radius 1 is 1.07 bits per heavy atom. The molecule has 0 radical (unpaired) electrons. The summed E-state index contributed by atoms with van der Waals surface area (Å²) in [6.45, 7) is 11.0. The molecule has 29 heavy (non-hydrogen) atoms.